The maximum Gasteiger partial charge on any atom is 0.302 e. The molecule has 0 heterocycles. The van der Waals surface area contributed by atoms with Gasteiger partial charge in [0.05, 0.1) is 0 Å². The Hall–Kier alpha value is -1.05. The SMILES string of the molecule is C=C1C[C@@H](OC(C)=O)C(C)(C)CC2=C(C)CC[C@@H]12. The highest BCUT2D eigenvalue weighted by atomic mass is 16.5. The van der Waals surface area contributed by atoms with E-state index >= 15 is 0 Å². The predicted molar refractivity (Wildman–Crippen MR) is 73.1 cm³/mol. The van der Waals surface area contributed by atoms with Crippen LogP contribution in [0.3, 0.4) is 0 Å². The number of allylic oxidation sites excluding steroid dienone is 2. The summed E-state index contributed by atoms with van der Waals surface area (Å²) >= 11 is 0. The number of hydrogen-bond acceptors (Lipinski definition) is 2. The first kappa shape index (κ1) is 13.4. The van der Waals surface area contributed by atoms with E-state index in [1.165, 1.54) is 30.9 Å². The van der Waals surface area contributed by atoms with Crippen LogP contribution in [0.15, 0.2) is 23.3 Å². The second kappa shape index (κ2) is 4.56. The minimum absolute atomic E-state index is 0.00426. The van der Waals surface area contributed by atoms with Gasteiger partial charge in [0.25, 0.3) is 0 Å². The maximum atomic E-state index is 11.3. The molecular formula is C16H24O2. The fraction of sp³-hybridized carbons (Fsp3) is 0.688. The van der Waals surface area contributed by atoms with Crippen LogP contribution >= 0.6 is 0 Å². The standard InChI is InChI=1S/C16H24O2/c1-10-6-7-13-11(2)8-15(18-12(3)17)16(4,5)9-14(10)13/h13,15H,2,6-9H2,1,3-5H3/t13-,15+/m0/s1. The van der Waals surface area contributed by atoms with Gasteiger partial charge in [0.1, 0.15) is 6.10 Å². The molecule has 0 amide bonds. The summed E-state index contributed by atoms with van der Waals surface area (Å²) in [5.41, 5.74) is 4.33. The van der Waals surface area contributed by atoms with Crippen LogP contribution in [0, 0.1) is 11.3 Å². The van der Waals surface area contributed by atoms with Gasteiger partial charge < -0.3 is 4.74 Å². The van der Waals surface area contributed by atoms with E-state index in [2.05, 4.69) is 27.4 Å². The van der Waals surface area contributed by atoms with Crippen molar-refractivity contribution in [3.05, 3.63) is 23.3 Å². The molecule has 0 aromatic carbocycles. The Morgan fingerprint density at radius 2 is 2.11 bits per heavy atom. The van der Waals surface area contributed by atoms with E-state index in [9.17, 15) is 4.79 Å². The second-order valence-corrected chi connectivity index (χ2v) is 6.52. The molecule has 0 aromatic heterocycles. The Morgan fingerprint density at radius 1 is 1.44 bits per heavy atom. The number of carbonyl (C=O) groups is 1. The molecule has 2 nitrogen and oxygen atoms in total. The van der Waals surface area contributed by atoms with Crippen LogP contribution in [-0.4, -0.2) is 12.1 Å². The maximum absolute atomic E-state index is 11.3. The van der Waals surface area contributed by atoms with E-state index < -0.39 is 0 Å². The lowest BCUT2D eigenvalue weighted by atomic mass is 9.80. The molecule has 1 saturated carbocycles. The molecule has 2 aliphatic carbocycles. The molecular weight excluding hydrogens is 224 g/mol. The molecule has 18 heavy (non-hydrogen) atoms. The van der Waals surface area contributed by atoms with Crippen molar-refractivity contribution in [2.24, 2.45) is 11.3 Å². The molecule has 2 aliphatic rings. The summed E-state index contributed by atoms with van der Waals surface area (Å²) in [5.74, 6) is 0.350. The minimum Gasteiger partial charge on any atom is -0.462 e. The van der Waals surface area contributed by atoms with Crippen molar-refractivity contribution in [3.8, 4) is 0 Å². The third kappa shape index (κ3) is 2.38. The summed E-state index contributed by atoms with van der Waals surface area (Å²) in [4.78, 5) is 11.3. The number of hydrogen-bond donors (Lipinski definition) is 0. The fourth-order valence-electron chi connectivity index (χ4n) is 3.38. The van der Waals surface area contributed by atoms with Gasteiger partial charge in [0.2, 0.25) is 0 Å². The number of rotatable bonds is 1. The van der Waals surface area contributed by atoms with Gasteiger partial charge in [-0.2, -0.15) is 0 Å². The third-order valence-corrected chi connectivity index (χ3v) is 4.54. The zero-order chi connectivity index (χ0) is 13.5. The lowest BCUT2D eigenvalue weighted by Gasteiger charge is -2.32. The molecule has 0 radical (unpaired) electrons. The van der Waals surface area contributed by atoms with Crippen molar-refractivity contribution in [2.75, 3.05) is 0 Å². The van der Waals surface area contributed by atoms with Crippen molar-refractivity contribution >= 4 is 5.97 Å². The fourth-order valence-corrected chi connectivity index (χ4v) is 3.38. The smallest absolute Gasteiger partial charge is 0.302 e. The van der Waals surface area contributed by atoms with Gasteiger partial charge in [0.15, 0.2) is 0 Å². The number of carbonyl (C=O) groups excluding carboxylic acids is 1. The van der Waals surface area contributed by atoms with E-state index in [1.807, 2.05) is 0 Å². The van der Waals surface area contributed by atoms with Crippen LogP contribution in [0.25, 0.3) is 0 Å². The zero-order valence-corrected chi connectivity index (χ0v) is 12.0. The van der Waals surface area contributed by atoms with E-state index in [-0.39, 0.29) is 17.5 Å². The lowest BCUT2D eigenvalue weighted by molar-refractivity contribution is -0.152. The molecule has 100 valence electrons. The van der Waals surface area contributed by atoms with Crippen molar-refractivity contribution in [1.29, 1.82) is 0 Å². The van der Waals surface area contributed by atoms with E-state index in [1.54, 1.807) is 5.57 Å². The van der Waals surface area contributed by atoms with Crippen LogP contribution in [-0.2, 0) is 9.53 Å². The van der Waals surface area contributed by atoms with Crippen LogP contribution < -0.4 is 0 Å². The zero-order valence-electron chi connectivity index (χ0n) is 12.0. The summed E-state index contributed by atoms with van der Waals surface area (Å²) in [5, 5.41) is 0. The largest absolute Gasteiger partial charge is 0.462 e. The molecule has 2 heteroatoms. The Balaban J connectivity index is 2.31. The van der Waals surface area contributed by atoms with Gasteiger partial charge in [-0.25, -0.2) is 0 Å². The summed E-state index contributed by atoms with van der Waals surface area (Å²) in [6.07, 6.45) is 4.21. The molecule has 0 N–H and O–H groups in total. The Morgan fingerprint density at radius 3 is 2.72 bits per heavy atom. The number of esters is 1. The average molecular weight is 248 g/mol. The topological polar surface area (TPSA) is 26.3 Å². The minimum atomic E-state index is -0.182. The highest BCUT2D eigenvalue weighted by Crippen LogP contribution is 2.49. The van der Waals surface area contributed by atoms with Gasteiger partial charge >= 0.3 is 5.97 Å². The molecule has 0 spiro atoms. The molecule has 2 atom stereocenters. The quantitative estimate of drug-likeness (QED) is 0.517. The molecule has 0 saturated heterocycles. The Bertz CT molecular complexity index is 415. The highest BCUT2D eigenvalue weighted by molar-refractivity contribution is 5.66. The van der Waals surface area contributed by atoms with Crippen LogP contribution in [0.2, 0.25) is 0 Å². The molecule has 0 unspecified atom stereocenters. The molecule has 2 rings (SSSR count). The molecule has 0 aliphatic heterocycles. The summed E-state index contributed by atoms with van der Waals surface area (Å²) in [7, 11) is 0. The van der Waals surface area contributed by atoms with Gasteiger partial charge in [-0.1, -0.05) is 37.1 Å². The van der Waals surface area contributed by atoms with E-state index in [4.69, 9.17) is 4.74 Å². The number of fused-ring (bicyclic) bond motifs is 1. The Kier molecular flexibility index (Phi) is 3.39. The second-order valence-electron chi connectivity index (χ2n) is 6.52. The van der Waals surface area contributed by atoms with Crippen LogP contribution in [0.4, 0.5) is 0 Å². The van der Waals surface area contributed by atoms with Crippen molar-refractivity contribution in [2.45, 2.75) is 59.5 Å². The normalized spacial score (nSPS) is 31.0. The van der Waals surface area contributed by atoms with E-state index in [0.29, 0.717) is 5.92 Å². The summed E-state index contributed by atoms with van der Waals surface area (Å²) < 4.78 is 5.53. The van der Waals surface area contributed by atoms with Crippen molar-refractivity contribution < 1.29 is 9.53 Å². The van der Waals surface area contributed by atoms with Gasteiger partial charge in [-0.3, -0.25) is 4.79 Å². The Labute approximate surface area is 110 Å². The first-order valence-electron chi connectivity index (χ1n) is 6.84. The molecule has 0 bridgehead atoms. The monoisotopic (exact) mass is 248 g/mol. The molecule has 1 fully saturated rings. The number of ether oxygens (including phenoxy) is 1. The van der Waals surface area contributed by atoms with E-state index in [0.717, 1.165) is 12.8 Å². The molecule has 0 aromatic rings. The third-order valence-electron chi connectivity index (χ3n) is 4.54. The van der Waals surface area contributed by atoms with Gasteiger partial charge in [0, 0.05) is 24.7 Å². The first-order chi connectivity index (χ1) is 8.31. The first-order valence-corrected chi connectivity index (χ1v) is 6.84. The van der Waals surface area contributed by atoms with Crippen molar-refractivity contribution in [3.63, 3.8) is 0 Å². The highest BCUT2D eigenvalue weighted by Gasteiger charge is 2.41. The van der Waals surface area contributed by atoms with Crippen molar-refractivity contribution in [1.82, 2.24) is 0 Å². The van der Waals surface area contributed by atoms with Gasteiger partial charge in [-0.05, 0) is 26.2 Å². The summed E-state index contributed by atoms with van der Waals surface area (Å²) in [6.45, 7) is 12.4. The van der Waals surface area contributed by atoms with Gasteiger partial charge in [-0.15, -0.1) is 0 Å². The average Bonchev–Trinajstić information content (AvgIpc) is 2.54. The summed E-state index contributed by atoms with van der Waals surface area (Å²) in [6, 6.07) is 0. The lowest BCUT2D eigenvalue weighted by Crippen LogP contribution is -2.32. The van der Waals surface area contributed by atoms with Crippen LogP contribution in [0.5, 0.6) is 0 Å². The van der Waals surface area contributed by atoms with Crippen LogP contribution in [0.1, 0.15) is 53.4 Å². The predicted octanol–water partition coefficient (Wildman–Crippen LogP) is 4.02.